The lowest BCUT2D eigenvalue weighted by Crippen LogP contribution is -2.48. The lowest BCUT2D eigenvalue weighted by atomic mass is 9.84. The van der Waals surface area contributed by atoms with Gasteiger partial charge >= 0.3 is 0 Å². The fourth-order valence-corrected chi connectivity index (χ4v) is 5.20. The SMILES string of the molecule is CCCS(=O)(=O)N1CCCC1C(=O)NCC(C)(C)c1ccc(Cl)c(Cl)c1. The van der Waals surface area contributed by atoms with Crippen molar-refractivity contribution < 1.29 is 13.2 Å². The number of halogens is 2. The fourth-order valence-electron chi connectivity index (χ4n) is 3.16. The highest BCUT2D eigenvalue weighted by Crippen LogP contribution is 2.30. The topological polar surface area (TPSA) is 66.5 Å². The molecule has 1 aromatic carbocycles. The van der Waals surface area contributed by atoms with E-state index in [4.69, 9.17) is 23.2 Å². The molecule has 0 saturated carbocycles. The number of benzene rings is 1. The standard InChI is InChI=1S/C18H26Cl2N2O3S/c1-4-10-26(24,25)22-9-5-6-16(22)17(23)21-12-18(2,3)13-7-8-14(19)15(20)11-13/h7-8,11,16H,4-6,9-10,12H2,1-3H3,(H,21,23). The summed E-state index contributed by atoms with van der Waals surface area (Å²) in [6, 6.07) is 4.80. The average molecular weight is 421 g/mol. The van der Waals surface area contributed by atoms with Crippen LogP contribution in [0.4, 0.5) is 0 Å². The second-order valence-corrected chi connectivity index (χ2v) is 10.2. The van der Waals surface area contributed by atoms with E-state index >= 15 is 0 Å². The van der Waals surface area contributed by atoms with Crippen LogP contribution in [-0.4, -0.2) is 43.5 Å². The molecule has 1 aliphatic heterocycles. The summed E-state index contributed by atoms with van der Waals surface area (Å²) in [5.41, 5.74) is 0.587. The summed E-state index contributed by atoms with van der Waals surface area (Å²) in [6.45, 7) is 6.60. The van der Waals surface area contributed by atoms with Crippen LogP contribution in [0.2, 0.25) is 10.0 Å². The van der Waals surface area contributed by atoms with Gasteiger partial charge in [0.05, 0.1) is 15.8 Å². The van der Waals surface area contributed by atoms with Crippen LogP contribution in [0.15, 0.2) is 18.2 Å². The predicted molar refractivity (Wildman–Crippen MR) is 106 cm³/mol. The van der Waals surface area contributed by atoms with Crippen molar-refractivity contribution in [3.63, 3.8) is 0 Å². The first-order valence-electron chi connectivity index (χ1n) is 8.81. The number of nitrogens with one attached hydrogen (secondary N) is 1. The molecule has 2 rings (SSSR count). The monoisotopic (exact) mass is 420 g/mol. The minimum atomic E-state index is -3.38. The fraction of sp³-hybridized carbons (Fsp3) is 0.611. The second-order valence-electron chi connectivity index (χ2n) is 7.32. The van der Waals surface area contributed by atoms with E-state index in [-0.39, 0.29) is 17.1 Å². The normalized spacial score (nSPS) is 18.9. The second kappa shape index (κ2) is 8.46. The van der Waals surface area contributed by atoms with E-state index in [0.29, 0.717) is 42.4 Å². The third kappa shape index (κ3) is 4.91. The highest BCUT2D eigenvalue weighted by Gasteiger charge is 2.38. The number of rotatable bonds is 7. The molecule has 1 heterocycles. The molecule has 1 saturated heterocycles. The van der Waals surface area contributed by atoms with Crippen molar-refractivity contribution in [3.8, 4) is 0 Å². The zero-order valence-corrected chi connectivity index (χ0v) is 17.7. The van der Waals surface area contributed by atoms with Gasteiger partial charge in [0.25, 0.3) is 0 Å². The average Bonchev–Trinajstić information content (AvgIpc) is 3.06. The van der Waals surface area contributed by atoms with Gasteiger partial charge in [-0.1, -0.05) is 50.0 Å². The van der Waals surface area contributed by atoms with Crippen LogP contribution >= 0.6 is 23.2 Å². The Morgan fingerprint density at radius 1 is 1.31 bits per heavy atom. The molecule has 5 nitrogen and oxygen atoms in total. The molecule has 0 spiro atoms. The van der Waals surface area contributed by atoms with Gasteiger partial charge in [-0.25, -0.2) is 8.42 Å². The molecule has 1 aromatic rings. The molecule has 8 heteroatoms. The van der Waals surface area contributed by atoms with Crippen molar-refractivity contribution >= 4 is 39.1 Å². The Bertz CT molecular complexity index is 766. The molecule has 1 unspecified atom stereocenters. The van der Waals surface area contributed by atoms with Gasteiger partial charge in [-0.3, -0.25) is 4.79 Å². The number of nitrogens with zero attached hydrogens (tertiary/aromatic N) is 1. The number of carbonyl (C=O) groups is 1. The molecule has 26 heavy (non-hydrogen) atoms. The minimum absolute atomic E-state index is 0.0749. The highest BCUT2D eigenvalue weighted by molar-refractivity contribution is 7.89. The van der Waals surface area contributed by atoms with Crippen LogP contribution < -0.4 is 5.32 Å². The Hall–Kier alpha value is -0.820. The van der Waals surface area contributed by atoms with E-state index in [0.717, 1.165) is 5.56 Å². The molecule has 0 aromatic heterocycles. The molecular formula is C18H26Cl2N2O3S. The van der Waals surface area contributed by atoms with Gasteiger partial charge in [0, 0.05) is 18.5 Å². The molecule has 0 aliphatic carbocycles. The quantitative estimate of drug-likeness (QED) is 0.732. The summed E-state index contributed by atoms with van der Waals surface area (Å²) in [7, 11) is -3.38. The maximum atomic E-state index is 12.6. The summed E-state index contributed by atoms with van der Waals surface area (Å²) < 4.78 is 26.1. The predicted octanol–water partition coefficient (Wildman–Crippen LogP) is 3.59. The van der Waals surface area contributed by atoms with Crippen molar-refractivity contribution in [1.29, 1.82) is 0 Å². The summed E-state index contributed by atoms with van der Waals surface area (Å²) in [6.07, 6.45) is 1.80. The number of sulfonamides is 1. The number of carbonyl (C=O) groups excluding carboxylic acids is 1. The Morgan fingerprint density at radius 2 is 2.00 bits per heavy atom. The first kappa shape index (κ1) is 21.5. The van der Waals surface area contributed by atoms with Crippen molar-refractivity contribution in [3.05, 3.63) is 33.8 Å². The largest absolute Gasteiger partial charge is 0.354 e. The van der Waals surface area contributed by atoms with Gasteiger partial charge in [-0.2, -0.15) is 4.31 Å². The Labute approximate surface area is 166 Å². The molecular weight excluding hydrogens is 395 g/mol. The third-order valence-electron chi connectivity index (χ3n) is 4.73. The first-order valence-corrected chi connectivity index (χ1v) is 11.2. The van der Waals surface area contributed by atoms with Gasteiger partial charge in [0.2, 0.25) is 15.9 Å². The van der Waals surface area contributed by atoms with Gasteiger partial charge < -0.3 is 5.32 Å². The van der Waals surface area contributed by atoms with Crippen molar-refractivity contribution in [2.45, 2.75) is 51.5 Å². The number of hydrogen-bond donors (Lipinski definition) is 1. The molecule has 0 bridgehead atoms. The first-order chi connectivity index (χ1) is 12.1. The molecule has 1 N–H and O–H groups in total. The molecule has 0 radical (unpaired) electrons. The molecule has 1 atom stereocenters. The maximum Gasteiger partial charge on any atom is 0.238 e. The molecule has 1 amide bonds. The van der Waals surface area contributed by atoms with Crippen molar-refractivity contribution in [2.75, 3.05) is 18.8 Å². The molecule has 146 valence electrons. The van der Waals surface area contributed by atoms with E-state index in [1.54, 1.807) is 12.1 Å². The highest BCUT2D eigenvalue weighted by atomic mass is 35.5. The number of amides is 1. The lowest BCUT2D eigenvalue weighted by molar-refractivity contribution is -0.124. The Kier molecular flexibility index (Phi) is 6.99. The van der Waals surface area contributed by atoms with Gasteiger partial charge in [-0.15, -0.1) is 0 Å². The summed E-state index contributed by atoms with van der Waals surface area (Å²) in [5, 5.41) is 3.87. The van der Waals surface area contributed by atoms with Crippen LogP contribution in [0.25, 0.3) is 0 Å². The van der Waals surface area contributed by atoms with Crippen molar-refractivity contribution in [1.82, 2.24) is 9.62 Å². The lowest BCUT2D eigenvalue weighted by Gasteiger charge is -2.28. The van der Waals surface area contributed by atoms with E-state index < -0.39 is 16.1 Å². The maximum absolute atomic E-state index is 12.6. The Balaban J connectivity index is 2.06. The van der Waals surface area contributed by atoms with E-state index in [1.165, 1.54) is 4.31 Å². The van der Waals surface area contributed by atoms with Crippen LogP contribution in [-0.2, 0) is 20.2 Å². The van der Waals surface area contributed by atoms with Gasteiger partial charge in [-0.05, 0) is 37.0 Å². The summed E-state index contributed by atoms with van der Waals surface area (Å²) in [5.74, 6) is -0.166. The van der Waals surface area contributed by atoms with Crippen molar-refractivity contribution in [2.24, 2.45) is 0 Å². The number of hydrogen-bond acceptors (Lipinski definition) is 3. The van der Waals surface area contributed by atoms with Crippen LogP contribution in [0.1, 0.15) is 45.6 Å². The van der Waals surface area contributed by atoms with Crippen LogP contribution in [0.3, 0.4) is 0 Å². The van der Waals surface area contributed by atoms with E-state index in [9.17, 15) is 13.2 Å². The molecule has 1 aliphatic rings. The van der Waals surface area contributed by atoms with E-state index in [1.807, 2.05) is 26.8 Å². The molecule has 1 fully saturated rings. The van der Waals surface area contributed by atoms with E-state index in [2.05, 4.69) is 5.32 Å². The Morgan fingerprint density at radius 3 is 2.62 bits per heavy atom. The summed E-state index contributed by atoms with van der Waals surface area (Å²) in [4.78, 5) is 12.6. The van der Waals surface area contributed by atoms with Crippen LogP contribution in [0.5, 0.6) is 0 Å². The third-order valence-corrected chi connectivity index (χ3v) is 7.55. The zero-order valence-electron chi connectivity index (χ0n) is 15.4. The van der Waals surface area contributed by atoms with Gasteiger partial charge in [0.15, 0.2) is 0 Å². The summed E-state index contributed by atoms with van der Waals surface area (Å²) >= 11 is 12.1. The zero-order chi connectivity index (χ0) is 19.5. The smallest absolute Gasteiger partial charge is 0.238 e. The van der Waals surface area contributed by atoms with Gasteiger partial charge in [0.1, 0.15) is 6.04 Å². The van der Waals surface area contributed by atoms with Crippen LogP contribution in [0, 0.1) is 0 Å². The minimum Gasteiger partial charge on any atom is -0.354 e.